The van der Waals surface area contributed by atoms with E-state index in [1.54, 1.807) is 0 Å². The zero-order valence-electron chi connectivity index (χ0n) is 34.5. The van der Waals surface area contributed by atoms with Gasteiger partial charge in [-0.05, 0) is 83.8 Å². The summed E-state index contributed by atoms with van der Waals surface area (Å²) in [6.45, 7) is 9.21. The number of halogens is 3. The Morgan fingerprint density at radius 2 is 0.865 bits per heavy atom. The molecule has 0 aromatic carbocycles. The van der Waals surface area contributed by atoms with Gasteiger partial charge in [0.05, 0.1) is 6.61 Å². The third-order valence-corrected chi connectivity index (χ3v) is 10.2. The minimum absolute atomic E-state index is 0.0301. The van der Waals surface area contributed by atoms with Gasteiger partial charge in [-0.1, -0.05) is 149 Å². The Bertz CT molecular complexity index is 763. The van der Waals surface area contributed by atoms with E-state index in [-0.39, 0.29) is 24.5 Å². The van der Waals surface area contributed by atoms with Gasteiger partial charge in [0, 0.05) is 19.3 Å². The van der Waals surface area contributed by atoms with E-state index in [0.717, 1.165) is 103 Å². The molecule has 0 heterocycles. The van der Waals surface area contributed by atoms with Gasteiger partial charge in [-0.3, -0.25) is 9.59 Å². The highest BCUT2D eigenvalue weighted by Crippen LogP contribution is 2.22. The molecule has 0 aliphatic heterocycles. The first kappa shape index (κ1) is 50.7. The average Bonchev–Trinajstić information content (AvgIpc) is 3.10. The van der Waals surface area contributed by atoms with Crippen molar-refractivity contribution in [1.82, 2.24) is 4.90 Å². The Labute approximate surface area is 319 Å². The molecule has 0 aromatic rings. The van der Waals surface area contributed by atoms with Crippen LogP contribution in [0.5, 0.6) is 0 Å². The van der Waals surface area contributed by atoms with Crippen molar-refractivity contribution in [1.29, 1.82) is 0 Å². The Morgan fingerprint density at radius 1 is 0.481 bits per heavy atom. The van der Waals surface area contributed by atoms with Crippen LogP contribution in [-0.4, -0.2) is 55.4 Å². The number of unbranched alkanes of at least 4 members (excludes halogenated alkanes) is 22. The molecular weight excluding hydrogens is 663 g/mol. The van der Waals surface area contributed by atoms with Crippen LogP contribution >= 0.6 is 0 Å². The first-order valence-corrected chi connectivity index (χ1v) is 22.4. The minimum Gasteiger partial charge on any atom is -0.466 e. The molecule has 5 nitrogen and oxygen atoms in total. The largest absolute Gasteiger partial charge is 0.466 e. The van der Waals surface area contributed by atoms with E-state index < -0.39 is 12.6 Å². The molecular formula is C44H84F3NO4. The maximum Gasteiger partial charge on any atom is 0.389 e. The fourth-order valence-corrected chi connectivity index (χ4v) is 6.88. The molecule has 0 unspecified atom stereocenters. The van der Waals surface area contributed by atoms with Crippen molar-refractivity contribution in [3.8, 4) is 0 Å². The van der Waals surface area contributed by atoms with Crippen LogP contribution < -0.4 is 0 Å². The van der Waals surface area contributed by atoms with E-state index in [9.17, 15) is 22.8 Å². The van der Waals surface area contributed by atoms with Crippen LogP contribution in [0.2, 0.25) is 0 Å². The highest BCUT2D eigenvalue weighted by atomic mass is 19.4. The van der Waals surface area contributed by atoms with Crippen LogP contribution in [0.3, 0.4) is 0 Å². The minimum atomic E-state index is -4.12. The van der Waals surface area contributed by atoms with Crippen molar-refractivity contribution in [2.75, 3.05) is 26.2 Å². The molecule has 8 heteroatoms. The number of ether oxygens (including phenoxy) is 2. The lowest BCUT2D eigenvalue weighted by Crippen LogP contribution is -2.28. The number of hydrogen-bond acceptors (Lipinski definition) is 5. The molecule has 0 amide bonds. The second-order valence-electron chi connectivity index (χ2n) is 15.5. The lowest BCUT2D eigenvalue weighted by Gasteiger charge is -2.23. The molecule has 0 rings (SSSR count). The standard InChI is InChI=1S/C44H84F3NO4/c1-4-7-10-13-16-22-30-40-51-42(49)34-26-20-17-21-28-37-48(39-31-36-44(45,46)47)38-29-23-27-35-43(50)52-41(32-24-18-14-11-8-5-2)33-25-19-15-12-9-6-3/h41H,4-40H2,1-3H3. The van der Waals surface area contributed by atoms with Crippen molar-refractivity contribution in [3.05, 3.63) is 0 Å². The summed E-state index contributed by atoms with van der Waals surface area (Å²) >= 11 is 0. The fraction of sp³-hybridized carbons (Fsp3) is 0.955. The van der Waals surface area contributed by atoms with Gasteiger partial charge in [0.25, 0.3) is 0 Å². The fourth-order valence-electron chi connectivity index (χ4n) is 6.88. The molecule has 0 aromatic heterocycles. The molecule has 0 atom stereocenters. The number of carbonyl (C=O) groups is 2. The van der Waals surface area contributed by atoms with E-state index in [4.69, 9.17) is 9.47 Å². The summed E-state index contributed by atoms with van der Waals surface area (Å²) in [7, 11) is 0. The Balaban J connectivity index is 4.34. The van der Waals surface area contributed by atoms with Gasteiger partial charge in [-0.15, -0.1) is 0 Å². The van der Waals surface area contributed by atoms with Gasteiger partial charge >= 0.3 is 18.1 Å². The molecule has 52 heavy (non-hydrogen) atoms. The normalized spacial score (nSPS) is 11.9. The second-order valence-corrected chi connectivity index (χ2v) is 15.5. The van der Waals surface area contributed by atoms with E-state index in [0.29, 0.717) is 26.0 Å². The lowest BCUT2D eigenvalue weighted by atomic mass is 10.0. The van der Waals surface area contributed by atoms with Gasteiger partial charge in [0.15, 0.2) is 0 Å². The monoisotopic (exact) mass is 748 g/mol. The first-order chi connectivity index (χ1) is 25.2. The Hall–Kier alpha value is -1.31. The predicted octanol–water partition coefficient (Wildman–Crippen LogP) is 14.2. The highest BCUT2D eigenvalue weighted by molar-refractivity contribution is 5.69. The summed E-state index contributed by atoms with van der Waals surface area (Å²) in [5.41, 5.74) is 0. The Kier molecular flexibility index (Phi) is 37.0. The van der Waals surface area contributed by atoms with Crippen LogP contribution in [0, 0.1) is 0 Å². The molecule has 0 saturated heterocycles. The van der Waals surface area contributed by atoms with Crippen LogP contribution in [0.15, 0.2) is 0 Å². The third kappa shape index (κ3) is 38.4. The van der Waals surface area contributed by atoms with Crippen molar-refractivity contribution in [2.24, 2.45) is 0 Å². The van der Waals surface area contributed by atoms with Gasteiger partial charge in [-0.25, -0.2) is 0 Å². The van der Waals surface area contributed by atoms with E-state index in [1.165, 1.54) is 96.3 Å². The zero-order chi connectivity index (χ0) is 38.4. The number of hydrogen-bond donors (Lipinski definition) is 0. The van der Waals surface area contributed by atoms with Crippen LogP contribution in [-0.2, 0) is 19.1 Å². The molecule has 0 aliphatic carbocycles. The number of carbonyl (C=O) groups excluding carboxylic acids is 2. The summed E-state index contributed by atoms with van der Waals surface area (Å²) < 4.78 is 49.9. The van der Waals surface area contributed by atoms with Gasteiger partial charge in [-0.2, -0.15) is 13.2 Å². The van der Waals surface area contributed by atoms with E-state index >= 15 is 0 Å². The third-order valence-electron chi connectivity index (χ3n) is 10.2. The molecule has 0 spiro atoms. The zero-order valence-corrected chi connectivity index (χ0v) is 34.5. The topological polar surface area (TPSA) is 55.8 Å². The van der Waals surface area contributed by atoms with Crippen molar-refractivity contribution in [2.45, 2.75) is 245 Å². The van der Waals surface area contributed by atoms with Crippen LogP contribution in [0.25, 0.3) is 0 Å². The highest BCUT2D eigenvalue weighted by Gasteiger charge is 2.26. The summed E-state index contributed by atoms with van der Waals surface area (Å²) in [6.07, 6.45) is 28.6. The molecule has 0 bridgehead atoms. The van der Waals surface area contributed by atoms with Crippen molar-refractivity contribution < 1.29 is 32.2 Å². The van der Waals surface area contributed by atoms with E-state index in [2.05, 4.69) is 25.7 Å². The maximum absolute atomic E-state index is 12.8. The lowest BCUT2D eigenvalue weighted by molar-refractivity contribution is -0.150. The molecule has 0 N–H and O–H groups in total. The number of alkyl halides is 3. The van der Waals surface area contributed by atoms with Crippen molar-refractivity contribution >= 4 is 11.9 Å². The summed E-state index contributed by atoms with van der Waals surface area (Å²) in [5, 5.41) is 0. The molecule has 0 fully saturated rings. The molecule has 310 valence electrons. The number of rotatable bonds is 40. The maximum atomic E-state index is 12.8. The second kappa shape index (κ2) is 38.0. The van der Waals surface area contributed by atoms with E-state index in [1.807, 2.05) is 0 Å². The van der Waals surface area contributed by atoms with Crippen molar-refractivity contribution in [3.63, 3.8) is 0 Å². The molecule has 0 aliphatic rings. The van der Waals surface area contributed by atoms with Gasteiger partial charge in [0.2, 0.25) is 0 Å². The van der Waals surface area contributed by atoms with Crippen LogP contribution in [0.4, 0.5) is 13.2 Å². The number of nitrogens with zero attached hydrogens (tertiary/aromatic N) is 1. The predicted molar refractivity (Wildman–Crippen MR) is 213 cm³/mol. The van der Waals surface area contributed by atoms with Crippen LogP contribution in [0.1, 0.15) is 233 Å². The summed E-state index contributed by atoms with van der Waals surface area (Å²) in [5.74, 6) is -0.193. The smallest absolute Gasteiger partial charge is 0.389 e. The summed E-state index contributed by atoms with van der Waals surface area (Å²) in [4.78, 5) is 26.9. The van der Waals surface area contributed by atoms with Gasteiger partial charge < -0.3 is 14.4 Å². The summed E-state index contributed by atoms with van der Waals surface area (Å²) in [6, 6.07) is 0. The molecule has 0 saturated carbocycles. The SMILES string of the molecule is CCCCCCCCCOC(=O)CCCCCCCN(CCCCCC(=O)OC(CCCCCCCC)CCCCCCCC)CCCC(F)(F)F. The number of esters is 2. The average molecular weight is 748 g/mol. The first-order valence-electron chi connectivity index (χ1n) is 22.4. The van der Waals surface area contributed by atoms with Gasteiger partial charge in [0.1, 0.15) is 6.10 Å². The molecule has 0 radical (unpaired) electrons. The Morgan fingerprint density at radius 3 is 1.37 bits per heavy atom. The quantitative estimate of drug-likeness (QED) is 0.0461.